The molecule has 4 aromatic carbocycles. The third-order valence-electron chi connectivity index (χ3n) is 5.71. The molecule has 130 valence electrons. The summed E-state index contributed by atoms with van der Waals surface area (Å²) in [5.41, 5.74) is 8.45. The van der Waals surface area contributed by atoms with E-state index < -0.39 is 0 Å². The van der Waals surface area contributed by atoms with Gasteiger partial charge >= 0.3 is 0 Å². The summed E-state index contributed by atoms with van der Waals surface area (Å²) in [5.74, 6) is 0.290. The highest BCUT2D eigenvalue weighted by Crippen LogP contribution is 2.56. The zero-order valence-corrected chi connectivity index (χ0v) is 15.2. The molecule has 0 bridgehead atoms. The number of phenolic OH excluding ortho intramolecular Hbond substituents is 1. The highest BCUT2D eigenvalue weighted by molar-refractivity contribution is 5.86. The largest absolute Gasteiger partial charge is 0.508 e. The van der Waals surface area contributed by atoms with Gasteiger partial charge in [-0.2, -0.15) is 0 Å². The van der Waals surface area contributed by atoms with Crippen molar-refractivity contribution in [1.82, 2.24) is 0 Å². The van der Waals surface area contributed by atoms with Crippen LogP contribution in [0.15, 0.2) is 97.1 Å². The maximum Gasteiger partial charge on any atom is 0.115 e. The Hall–Kier alpha value is -3.32. The molecule has 0 fully saturated rings. The van der Waals surface area contributed by atoms with Gasteiger partial charge < -0.3 is 5.11 Å². The van der Waals surface area contributed by atoms with E-state index in [-0.39, 0.29) is 11.2 Å². The Bertz CT molecular complexity index is 1130. The Kier molecular flexibility index (Phi) is 3.45. The molecule has 5 rings (SSSR count). The van der Waals surface area contributed by atoms with Crippen molar-refractivity contribution >= 4 is 0 Å². The van der Waals surface area contributed by atoms with Crippen LogP contribution < -0.4 is 0 Å². The second-order valence-electron chi connectivity index (χ2n) is 7.26. The summed E-state index contributed by atoms with van der Waals surface area (Å²) in [4.78, 5) is 0. The van der Waals surface area contributed by atoms with E-state index in [9.17, 15) is 5.11 Å². The molecule has 0 spiro atoms. The van der Waals surface area contributed by atoms with Crippen LogP contribution in [-0.2, 0) is 5.41 Å². The molecular weight excluding hydrogens is 328 g/mol. The third kappa shape index (κ3) is 2.18. The molecule has 1 aliphatic rings. The SMILES string of the molecule is Cc1ccc2c(c1)C(c1ccccc1)(c1ccc(O)cc1)c1ccccc1-2. The van der Waals surface area contributed by atoms with Gasteiger partial charge in [0.05, 0.1) is 5.41 Å². The van der Waals surface area contributed by atoms with Crippen molar-refractivity contribution in [2.75, 3.05) is 0 Å². The zero-order chi connectivity index (χ0) is 18.4. The third-order valence-corrected chi connectivity index (χ3v) is 5.71. The highest BCUT2D eigenvalue weighted by Gasteiger charge is 2.45. The number of hydrogen-bond acceptors (Lipinski definition) is 1. The van der Waals surface area contributed by atoms with Gasteiger partial charge in [0.15, 0.2) is 0 Å². The van der Waals surface area contributed by atoms with Crippen LogP contribution in [0.2, 0.25) is 0 Å². The van der Waals surface area contributed by atoms with Crippen molar-refractivity contribution in [2.45, 2.75) is 12.3 Å². The topological polar surface area (TPSA) is 20.2 Å². The van der Waals surface area contributed by atoms with Crippen LogP contribution >= 0.6 is 0 Å². The van der Waals surface area contributed by atoms with Gasteiger partial charge in [-0.25, -0.2) is 0 Å². The monoisotopic (exact) mass is 348 g/mol. The van der Waals surface area contributed by atoms with Crippen LogP contribution in [0.25, 0.3) is 11.1 Å². The van der Waals surface area contributed by atoms with Gasteiger partial charge in [0.1, 0.15) is 5.75 Å². The predicted octanol–water partition coefficient (Wildman–Crippen LogP) is 6.06. The van der Waals surface area contributed by atoms with Gasteiger partial charge in [-0.05, 0) is 52.4 Å². The quantitative estimate of drug-likeness (QED) is 0.411. The fourth-order valence-electron chi connectivity index (χ4n) is 4.58. The smallest absolute Gasteiger partial charge is 0.115 e. The number of rotatable bonds is 2. The Morgan fingerprint density at radius 2 is 1.22 bits per heavy atom. The van der Waals surface area contributed by atoms with Crippen LogP contribution in [0.4, 0.5) is 0 Å². The average Bonchev–Trinajstić information content (AvgIpc) is 3.00. The Morgan fingerprint density at radius 3 is 2.00 bits per heavy atom. The molecule has 1 aliphatic carbocycles. The van der Waals surface area contributed by atoms with E-state index in [2.05, 4.69) is 91.9 Å². The van der Waals surface area contributed by atoms with Crippen molar-refractivity contribution in [3.8, 4) is 16.9 Å². The second-order valence-corrected chi connectivity index (χ2v) is 7.26. The van der Waals surface area contributed by atoms with Crippen molar-refractivity contribution in [1.29, 1.82) is 0 Å². The molecule has 1 nitrogen and oxygen atoms in total. The lowest BCUT2D eigenvalue weighted by molar-refractivity contribution is 0.475. The zero-order valence-electron chi connectivity index (χ0n) is 15.2. The van der Waals surface area contributed by atoms with Crippen molar-refractivity contribution in [3.63, 3.8) is 0 Å². The van der Waals surface area contributed by atoms with E-state index in [0.29, 0.717) is 0 Å². The van der Waals surface area contributed by atoms with Crippen LogP contribution in [0.5, 0.6) is 5.75 Å². The lowest BCUT2D eigenvalue weighted by atomic mass is 9.67. The summed E-state index contributed by atoms with van der Waals surface area (Å²) in [6.07, 6.45) is 0. The molecule has 1 N–H and O–H groups in total. The number of aryl methyl sites for hydroxylation is 1. The number of aromatic hydroxyl groups is 1. The molecular formula is C26H20O. The molecule has 0 saturated carbocycles. The van der Waals surface area contributed by atoms with E-state index in [1.807, 2.05) is 0 Å². The Balaban J connectivity index is 1.97. The van der Waals surface area contributed by atoms with Crippen LogP contribution in [0.1, 0.15) is 27.8 Å². The summed E-state index contributed by atoms with van der Waals surface area (Å²) in [5, 5.41) is 9.89. The van der Waals surface area contributed by atoms with Crippen LogP contribution in [-0.4, -0.2) is 5.11 Å². The first-order chi connectivity index (χ1) is 13.2. The van der Waals surface area contributed by atoms with E-state index in [1.54, 1.807) is 12.1 Å². The number of hydrogen-bond donors (Lipinski definition) is 1. The molecule has 0 radical (unpaired) electrons. The van der Waals surface area contributed by atoms with Gasteiger partial charge in [-0.15, -0.1) is 0 Å². The molecule has 27 heavy (non-hydrogen) atoms. The first kappa shape index (κ1) is 15.9. The molecule has 1 unspecified atom stereocenters. The minimum atomic E-state index is -0.382. The van der Waals surface area contributed by atoms with Gasteiger partial charge in [0.2, 0.25) is 0 Å². The fraction of sp³-hybridized carbons (Fsp3) is 0.0769. The lowest BCUT2D eigenvalue weighted by Crippen LogP contribution is -2.28. The normalized spacial score (nSPS) is 17.4. The molecule has 0 saturated heterocycles. The summed E-state index contributed by atoms with van der Waals surface area (Å²) in [6, 6.07) is 33.8. The maximum absolute atomic E-state index is 9.89. The Labute approximate surface area is 159 Å². The van der Waals surface area contributed by atoms with Gasteiger partial charge in [-0.3, -0.25) is 0 Å². The molecule has 0 amide bonds. The molecule has 0 aliphatic heterocycles. The lowest BCUT2D eigenvalue weighted by Gasteiger charge is -2.34. The van der Waals surface area contributed by atoms with E-state index >= 15 is 0 Å². The average molecular weight is 348 g/mol. The molecule has 0 heterocycles. The van der Waals surface area contributed by atoms with Gasteiger partial charge in [0, 0.05) is 0 Å². The molecule has 1 atom stereocenters. The van der Waals surface area contributed by atoms with E-state index in [0.717, 1.165) is 0 Å². The first-order valence-corrected chi connectivity index (χ1v) is 9.27. The summed E-state index contributed by atoms with van der Waals surface area (Å²) < 4.78 is 0. The van der Waals surface area contributed by atoms with Gasteiger partial charge in [0.25, 0.3) is 0 Å². The van der Waals surface area contributed by atoms with Crippen LogP contribution in [0.3, 0.4) is 0 Å². The molecule has 4 aromatic rings. The highest BCUT2D eigenvalue weighted by atomic mass is 16.3. The number of benzene rings is 4. The number of phenols is 1. The van der Waals surface area contributed by atoms with E-state index in [4.69, 9.17) is 0 Å². The van der Waals surface area contributed by atoms with Crippen molar-refractivity contribution in [2.24, 2.45) is 0 Å². The van der Waals surface area contributed by atoms with Crippen molar-refractivity contribution < 1.29 is 5.11 Å². The standard InChI is InChI=1S/C26H20O/c1-18-11-16-23-22-9-5-6-10-24(22)26(25(23)17-18,19-7-3-2-4-8-19)20-12-14-21(27)15-13-20/h2-17,27H,1H3. The minimum absolute atomic E-state index is 0.290. The maximum atomic E-state index is 9.89. The molecule has 0 aromatic heterocycles. The second kappa shape index (κ2) is 5.85. The van der Waals surface area contributed by atoms with Gasteiger partial charge in [-0.1, -0.05) is 90.5 Å². The first-order valence-electron chi connectivity index (χ1n) is 9.27. The Morgan fingerprint density at radius 1 is 0.593 bits per heavy atom. The summed E-state index contributed by atoms with van der Waals surface area (Å²) in [6.45, 7) is 2.15. The predicted molar refractivity (Wildman–Crippen MR) is 110 cm³/mol. The fourth-order valence-corrected chi connectivity index (χ4v) is 4.58. The van der Waals surface area contributed by atoms with Crippen LogP contribution in [0, 0.1) is 6.92 Å². The summed E-state index contributed by atoms with van der Waals surface area (Å²) in [7, 11) is 0. The minimum Gasteiger partial charge on any atom is -0.508 e. The summed E-state index contributed by atoms with van der Waals surface area (Å²) >= 11 is 0. The van der Waals surface area contributed by atoms with Crippen molar-refractivity contribution in [3.05, 3.63) is 125 Å². The molecule has 1 heteroatoms. The van der Waals surface area contributed by atoms with E-state index in [1.165, 1.54) is 38.9 Å². The number of fused-ring (bicyclic) bond motifs is 3.